The maximum atomic E-state index is 10.6. The maximum Gasteiger partial charge on any atom is 0.346 e. The Labute approximate surface area is 113 Å². The number of carboxylic acids is 1. The summed E-state index contributed by atoms with van der Waals surface area (Å²) in [5.74, 6) is -1.38. The zero-order valence-electron chi connectivity index (χ0n) is 10.2. The normalized spacial score (nSPS) is 11.4. The lowest BCUT2D eigenvalue weighted by Gasteiger charge is -2.08. The Balaban J connectivity index is 2.47. The third-order valence-electron chi connectivity index (χ3n) is 2.88. The van der Waals surface area contributed by atoms with E-state index >= 15 is 0 Å². The number of aliphatic carboxylic acids is 1. The predicted molar refractivity (Wildman–Crippen MR) is 74.5 cm³/mol. The molecule has 0 saturated carbocycles. The number of phenols is 1. The van der Waals surface area contributed by atoms with Crippen molar-refractivity contribution in [1.82, 2.24) is 9.97 Å². The van der Waals surface area contributed by atoms with Gasteiger partial charge in [0.15, 0.2) is 5.75 Å². The average molecular weight is 267 g/mol. The SMILES string of the molecule is O=C(O)C=Nc1c(O)c2ncccc2c2cccnc12. The van der Waals surface area contributed by atoms with Gasteiger partial charge in [-0.05, 0) is 12.1 Å². The first kappa shape index (κ1) is 12.0. The molecule has 2 heterocycles. The van der Waals surface area contributed by atoms with Gasteiger partial charge in [-0.2, -0.15) is 0 Å². The van der Waals surface area contributed by atoms with Crippen LogP contribution in [0.4, 0.5) is 5.69 Å². The molecule has 0 bridgehead atoms. The highest BCUT2D eigenvalue weighted by atomic mass is 16.4. The summed E-state index contributed by atoms with van der Waals surface area (Å²) in [5.41, 5.74) is 0.905. The van der Waals surface area contributed by atoms with Crippen LogP contribution in [0.5, 0.6) is 5.75 Å². The lowest BCUT2D eigenvalue weighted by atomic mass is 10.1. The number of rotatable bonds is 2. The van der Waals surface area contributed by atoms with E-state index in [2.05, 4.69) is 15.0 Å². The smallest absolute Gasteiger partial charge is 0.346 e. The van der Waals surface area contributed by atoms with E-state index in [1.54, 1.807) is 24.5 Å². The lowest BCUT2D eigenvalue weighted by Crippen LogP contribution is -1.94. The Morgan fingerprint density at radius 1 is 1.10 bits per heavy atom. The van der Waals surface area contributed by atoms with E-state index in [-0.39, 0.29) is 11.4 Å². The standard InChI is InChI=1S/C14H9N3O3/c18-10(19)7-17-13-11-8(3-1-5-15-11)9-4-2-6-16-12(9)14(13)20/h1-7,20H,(H,18,19). The first-order valence-corrected chi connectivity index (χ1v) is 5.80. The molecule has 6 heteroatoms. The van der Waals surface area contributed by atoms with E-state index < -0.39 is 5.97 Å². The molecular weight excluding hydrogens is 258 g/mol. The molecular formula is C14H9N3O3. The highest BCUT2D eigenvalue weighted by Gasteiger charge is 2.14. The number of carbonyl (C=O) groups is 1. The van der Waals surface area contributed by atoms with E-state index in [9.17, 15) is 9.90 Å². The van der Waals surface area contributed by atoms with Gasteiger partial charge < -0.3 is 10.2 Å². The Morgan fingerprint density at radius 3 is 2.35 bits per heavy atom. The maximum absolute atomic E-state index is 10.6. The number of phenolic OH excluding ortho intramolecular Hbond substituents is 1. The quantitative estimate of drug-likeness (QED) is 0.548. The molecule has 0 aliphatic heterocycles. The third-order valence-corrected chi connectivity index (χ3v) is 2.88. The molecule has 20 heavy (non-hydrogen) atoms. The van der Waals surface area contributed by atoms with Gasteiger partial charge in [-0.3, -0.25) is 9.97 Å². The molecule has 6 nitrogen and oxygen atoms in total. The minimum atomic E-state index is -1.20. The molecule has 98 valence electrons. The van der Waals surface area contributed by atoms with Gasteiger partial charge in [-0.15, -0.1) is 0 Å². The minimum absolute atomic E-state index is 0.106. The number of aromatic hydroxyl groups is 1. The number of hydrogen-bond donors (Lipinski definition) is 2. The number of hydrogen-bond acceptors (Lipinski definition) is 5. The van der Waals surface area contributed by atoms with Crippen molar-refractivity contribution in [3.8, 4) is 5.75 Å². The van der Waals surface area contributed by atoms with Crippen molar-refractivity contribution >= 4 is 39.7 Å². The summed E-state index contributed by atoms with van der Waals surface area (Å²) in [4.78, 5) is 22.7. The summed E-state index contributed by atoms with van der Waals surface area (Å²) in [6, 6.07) is 7.16. The molecule has 0 fully saturated rings. The van der Waals surface area contributed by atoms with Crippen LogP contribution in [-0.4, -0.2) is 32.4 Å². The van der Waals surface area contributed by atoms with E-state index in [0.29, 0.717) is 11.0 Å². The fourth-order valence-electron chi connectivity index (χ4n) is 2.09. The van der Waals surface area contributed by atoms with Gasteiger partial charge in [0.25, 0.3) is 0 Å². The molecule has 1 aromatic carbocycles. The molecule has 3 rings (SSSR count). The highest BCUT2D eigenvalue weighted by Crippen LogP contribution is 2.40. The molecule has 2 N–H and O–H groups in total. The van der Waals surface area contributed by atoms with Crippen LogP contribution in [0.25, 0.3) is 21.8 Å². The topological polar surface area (TPSA) is 95.7 Å². The van der Waals surface area contributed by atoms with Crippen LogP contribution in [0, 0.1) is 0 Å². The Kier molecular flexibility index (Phi) is 2.76. The number of aromatic nitrogens is 2. The van der Waals surface area contributed by atoms with E-state index in [1.165, 1.54) is 0 Å². The van der Waals surface area contributed by atoms with Crippen LogP contribution in [0.2, 0.25) is 0 Å². The summed E-state index contributed by atoms with van der Waals surface area (Å²) in [5, 5.41) is 20.4. The van der Waals surface area contributed by atoms with Crippen molar-refractivity contribution in [1.29, 1.82) is 0 Å². The molecule has 0 aliphatic carbocycles. The number of carboxylic acid groups (broad SMARTS) is 1. The van der Waals surface area contributed by atoms with Crippen LogP contribution >= 0.6 is 0 Å². The summed E-state index contributed by atoms with van der Waals surface area (Å²) >= 11 is 0. The number of benzene rings is 1. The van der Waals surface area contributed by atoms with Crippen molar-refractivity contribution in [2.24, 2.45) is 4.99 Å². The van der Waals surface area contributed by atoms with Gasteiger partial charge in [0, 0.05) is 23.2 Å². The van der Waals surface area contributed by atoms with Crippen molar-refractivity contribution in [3.05, 3.63) is 36.7 Å². The van der Waals surface area contributed by atoms with Crippen LogP contribution in [0.3, 0.4) is 0 Å². The second-order valence-corrected chi connectivity index (χ2v) is 4.09. The minimum Gasteiger partial charge on any atom is -0.504 e. The molecule has 0 amide bonds. The van der Waals surface area contributed by atoms with Gasteiger partial charge >= 0.3 is 5.97 Å². The zero-order chi connectivity index (χ0) is 14.1. The first-order chi connectivity index (χ1) is 9.68. The fraction of sp³-hybridized carbons (Fsp3) is 0. The fourth-order valence-corrected chi connectivity index (χ4v) is 2.09. The van der Waals surface area contributed by atoms with Crippen molar-refractivity contribution in [2.75, 3.05) is 0 Å². The number of aliphatic imine (C=N–C) groups is 1. The molecule has 0 saturated heterocycles. The first-order valence-electron chi connectivity index (χ1n) is 5.80. The Hall–Kier alpha value is -3.02. The summed E-state index contributed by atoms with van der Waals surface area (Å²) in [7, 11) is 0. The van der Waals surface area contributed by atoms with Crippen molar-refractivity contribution in [3.63, 3.8) is 0 Å². The molecule has 3 aromatic rings. The van der Waals surface area contributed by atoms with E-state index in [1.807, 2.05) is 12.1 Å². The number of pyridine rings is 2. The monoisotopic (exact) mass is 267 g/mol. The number of fused-ring (bicyclic) bond motifs is 3. The lowest BCUT2D eigenvalue weighted by molar-refractivity contribution is -0.128. The van der Waals surface area contributed by atoms with Crippen LogP contribution < -0.4 is 0 Å². The molecule has 0 spiro atoms. The van der Waals surface area contributed by atoms with Gasteiger partial charge in [-0.25, -0.2) is 9.79 Å². The molecule has 2 aromatic heterocycles. The molecule has 0 atom stereocenters. The molecule has 0 radical (unpaired) electrons. The van der Waals surface area contributed by atoms with Crippen molar-refractivity contribution < 1.29 is 15.0 Å². The summed E-state index contributed by atoms with van der Waals surface area (Å²) in [6.45, 7) is 0. The van der Waals surface area contributed by atoms with E-state index in [4.69, 9.17) is 5.11 Å². The highest BCUT2D eigenvalue weighted by molar-refractivity contribution is 6.24. The van der Waals surface area contributed by atoms with Crippen LogP contribution in [0.15, 0.2) is 41.7 Å². The molecule has 0 aliphatic rings. The van der Waals surface area contributed by atoms with E-state index in [0.717, 1.165) is 17.0 Å². The van der Waals surface area contributed by atoms with Gasteiger partial charge in [-0.1, -0.05) is 12.1 Å². The average Bonchev–Trinajstić information content (AvgIpc) is 2.47. The largest absolute Gasteiger partial charge is 0.504 e. The zero-order valence-corrected chi connectivity index (χ0v) is 10.2. The van der Waals surface area contributed by atoms with Crippen LogP contribution in [0.1, 0.15) is 0 Å². The predicted octanol–water partition coefficient (Wildman–Crippen LogP) is 2.28. The second-order valence-electron chi connectivity index (χ2n) is 4.09. The second kappa shape index (κ2) is 4.58. The van der Waals surface area contributed by atoms with Gasteiger partial charge in [0.2, 0.25) is 0 Å². The Bertz CT molecular complexity index is 859. The van der Waals surface area contributed by atoms with Crippen molar-refractivity contribution in [2.45, 2.75) is 0 Å². The van der Waals surface area contributed by atoms with Gasteiger partial charge in [0.1, 0.15) is 22.9 Å². The number of nitrogens with zero attached hydrogens (tertiary/aromatic N) is 3. The Morgan fingerprint density at radius 2 is 1.70 bits per heavy atom. The summed E-state index contributed by atoms with van der Waals surface area (Å²) < 4.78 is 0. The third kappa shape index (κ3) is 1.83. The van der Waals surface area contributed by atoms with Crippen LogP contribution in [-0.2, 0) is 4.79 Å². The summed E-state index contributed by atoms with van der Waals surface area (Å²) in [6.07, 6.45) is 3.83. The van der Waals surface area contributed by atoms with Gasteiger partial charge in [0.05, 0.1) is 0 Å². The molecule has 0 unspecified atom stereocenters.